The summed E-state index contributed by atoms with van der Waals surface area (Å²) in [6.45, 7) is 5.75. The second-order valence-electron chi connectivity index (χ2n) is 7.22. The highest BCUT2D eigenvalue weighted by Gasteiger charge is 2.08. The number of hydrogen-bond acceptors (Lipinski definition) is 4. The SMILES string of the molecule is CN=C(NCCCn1c(C)nc2ccccc21)NCc1ccc(OC)c(NC(C)=O)c1.I. The highest BCUT2D eigenvalue weighted by atomic mass is 127. The van der Waals surface area contributed by atoms with Gasteiger partial charge >= 0.3 is 0 Å². The van der Waals surface area contributed by atoms with E-state index in [1.54, 1.807) is 14.2 Å². The minimum Gasteiger partial charge on any atom is -0.495 e. The molecule has 0 spiro atoms. The van der Waals surface area contributed by atoms with E-state index in [2.05, 4.69) is 36.6 Å². The number of methoxy groups -OCH3 is 1. The number of nitrogens with one attached hydrogen (secondary N) is 3. The molecular weight excluding hydrogens is 519 g/mol. The van der Waals surface area contributed by atoms with E-state index in [1.165, 1.54) is 6.92 Å². The molecule has 0 saturated heterocycles. The molecular formula is C23H31IN6O2. The van der Waals surface area contributed by atoms with Gasteiger partial charge in [-0.1, -0.05) is 18.2 Å². The monoisotopic (exact) mass is 550 g/mol. The van der Waals surface area contributed by atoms with Crippen molar-refractivity contribution in [2.45, 2.75) is 33.4 Å². The normalized spacial score (nSPS) is 11.1. The Hall–Kier alpha value is -2.82. The molecule has 0 atom stereocenters. The number of rotatable bonds is 8. The van der Waals surface area contributed by atoms with Crippen LogP contribution >= 0.6 is 24.0 Å². The van der Waals surface area contributed by atoms with Crippen molar-refractivity contribution >= 4 is 52.6 Å². The number of carbonyl (C=O) groups excluding carboxylic acids is 1. The Bertz CT molecular complexity index is 1080. The fourth-order valence-corrected chi connectivity index (χ4v) is 3.48. The summed E-state index contributed by atoms with van der Waals surface area (Å²) in [5.74, 6) is 2.24. The van der Waals surface area contributed by atoms with E-state index in [-0.39, 0.29) is 29.9 Å². The van der Waals surface area contributed by atoms with Crippen molar-refractivity contribution in [3.63, 3.8) is 0 Å². The number of anilines is 1. The zero-order chi connectivity index (χ0) is 22.2. The number of nitrogens with zero attached hydrogens (tertiary/aromatic N) is 3. The molecule has 8 nitrogen and oxygen atoms in total. The highest BCUT2D eigenvalue weighted by Crippen LogP contribution is 2.25. The van der Waals surface area contributed by atoms with Crippen LogP contribution in [0.3, 0.4) is 0 Å². The molecule has 172 valence electrons. The van der Waals surface area contributed by atoms with Gasteiger partial charge in [0.2, 0.25) is 5.91 Å². The lowest BCUT2D eigenvalue weighted by atomic mass is 10.2. The number of para-hydroxylation sites is 2. The number of fused-ring (bicyclic) bond motifs is 1. The van der Waals surface area contributed by atoms with E-state index in [4.69, 9.17) is 4.74 Å². The Morgan fingerprint density at radius 2 is 1.97 bits per heavy atom. The summed E-state index contributed by atoms with van der Waals surface area (Å²) in [6, 6.07) is 13.9. The third kappa shape index (κ3) is 6.59. The topological polar surface area (TPSA) is 92.6 Å². The van der Waals surface area contributed by atoms with Gasteiger partial charge in [-0.15, -0.1) is 24.0 Å². The summed E-state index contributed by atoms with van der Waals surface area (Å²) in [6.07, 6.45) is 0.942. The lowest BCUT2D eigenvalue weighted by molar-refractivity contribution is -0.114. The molecule has 9 heteroatoms. The molecule has 0 bridgehead atoms. The molecule has 0 aliphatic rings. The Morgan fingerprint density at radius 3 is 2.69 bits per heavy atom. The molecule has 2 aromatic carbocycles. The van der Waals surface area contributed by atoms with Crippen LogP contribution in [0.25, 0.3) is 11.0 Å². The fraction of sp³-hybridized carbons (Fsp3) is 0.348. The molecule has 0 fully saturated rings. The van der Waals surface area contributed by atoms with Crippen LogP contribution in [0.2, 0.25) is 0 Å². The molecule has 0 saturated carbocycles. The first-order valence-corrected chi connectivity index (χ1v) is 10.3. The molecule has 1 heterocycles. The predicted molar refractivity (Wildman–Crippen MR) is 140 cm³/mol. The van der Waals surface area contributed by atoms with Crippen molar-refractivity contribution in [1.82, 2.24) is 20.2 Å². The first-order valence-electron chi connectivity index (χ1n) is 10.3. The third-order valence-corrected chi connectivity index (χ3v) is 4.95. The second kappa shape index (κ2) is 12.3. The summed E-state index contributed by atoms with van der Waals surface area (Å²) in [5, 5.41) is 9.45. The molecule has 32 heavy (non-hydrogen) atoms. The first-order chi connectivity index (χ1) is 15.0. The Morgan fingerprint density at radius 1 is 1.19 bits per heavy atom. The van der Waals surface area contributed by atoms with E-state index < -0.39 is 0 Å². The van der Waals surface area contributed by atoms with Gasteiger partial charge in [-0.3, -0.25) is 9.79 Å². The zero-order valence-corrected chi connectivity index (χ0v) is 21.3. The van der Waals surface area contributed by atoms with Crippen molar-refractivity contribution < 1.29 is 9.53 Å². The zero-order valence-electron chi connectivity index (χ0n) is 18.9. The lowest BCUT2D eigenvalue weighted by Crippen LogP contribution is -2.37. The first kappa shape index (κ1) is 25.4. The molecule has 3 N–H and O–H groups in total. The minimum absolute atomic E-state index is 0. The average molecular weight is 550 g/mol. The van der Waals surface area contributed by atoms with Crippen LogP contribution in [0.1, 0.15) is 24.7 Å². The molecule has 0 aliphatic carbocycles. The Labute approximate surface area is 205 Å². The van der Waals surface area contributed by atoms with Crippen molar-refractivity contribution in [3.8, 4) is 5.75 Å². The van der Waals surface area contributed by atoms with Gasteiger partial charge in [-0.2, -0.15) is 0 Å². The Balaban J connectivity index is 0.00000363. The van der Waals surface area contributed by atoms with Crippen LogP contribution in [-0.4, -0.2) is 42.1 Å². The summed E-state index contributed by atoms with van der Waals surface area (Å²) in [5.41, 5.74) is 3.86. The van der Waals surface area contributed by atoms with E-state index in [0.29, 0.717) is 18.0 Å². The molecule has 0 unspecified atom stereocenters. The van der Waals surface area contributed by atoms with Gasteiger partial charge in [-0.25, -0.2) is 4.98 Å². The summed E-state index contributed by atoms with van der Waals surface area (Å²) in [7, 11) is 3.33. The van der Waals surface area contributed by atoms with E-state index in [0.717, 1.165) is 47.9 Å². The van der Waals surface area contributed by atoms with Crippen molar-refractivity contribution in [3.05, 3.63) is 53.9 Å². The van der Waals surface area contributed by atoms with Gasteiger partial charge in [0.05, 0.1) is 23.8 Å². The largest absolute Gasteiger partial charge is 0.495 e. The number of imidazole rings is 1. The van der Waals surface area contributed by atoms with Gasteiger partial charge in [0, 0.05) is 33.6 Å². The Kier molecular flexibility index (Phi) is 9.76. The van der Waals surface area contributed by atoms with Crippen LogP contribution in [0.4, 0.5) is 5.69 Å². The standard InChI is InChI=1S/C23H30N6O2.HI/c1-16-27-19-8-5-6-9-21(19)29(16)13-7-12-25-23(24-3)26-15-18-10-11-22(31-4)20(14-18)28-17(2)30;/h5-6,8-11,14H,7,12-13,15H2,1-4H3,(H,28,30)(H2,24,25,26);1H. The molecule has 0 aliphatic heterocycles. The molecule has 3 rings (SSSR count). The maximum absolute atomic E-state index is 11.4. The maximum Gasteiger partial charge on any atom is 0.221 e. The number of benzene rings is 2. The average Bonchev–Trinajstić information content (AvgIpc) is 3.08. The molecule has 1 aromatic heterocycles. The van der Waals surface area contributed by atoms with Gasteiger partial charge < -0.3 is 25.3 Å². The van der Waals surface area contributed by atoms with Crippen LogP contribution < -0.4 is 20.7 Å². The lowest BCUT2D eigenvalue weighted by Gasteiger charge is -2.14. The van der Waals surface area contributed by atoms with Crippen LogP contribution in [0.5, 0.6) is 5.75 Å². The van der Waals surface area contributed by atoms with E-state index >= 15 is 0 Å². The third-order valence-electron chi connectivity index (χ3n) is 4.95. The number of aryl methyl sites for hydroxylation is 2. The van der Waals surface area contributed by atoms with Crippen molar-refractivity contribution in [2.75, 3.05) is 26.0 Å². The van der Waals surface area contributed by atoms with Gasteiger partial charge in [0.25, 0.3) is 0 Å². The number of carbonyl (C=O) groups is 1. The number of aromatic nitrogens is 2. The van der Waals surface area contributed by atoms with Gasteiger partial charge in [-0.05, 0) is 43.2 Å². The van der Waals surface area contributed by atoms with Gasteiger partial charge in [0.15, 0.2) is 5.96 Å². The number of amides is 1. The molecule has 3 aromatic rings. The fourth-order valence-electron chi connectivity index (χ4n) is 3.48. The van der Waals surface area contributed by atoms with E-state index in [9.17, 15) is 4.79 Å². The number of aliphatic imine (C=N–C) groups is 1. The van der Waals surface area contributed by atoms with Crippen molar-refractivity contribution in [2.24, 2.45) is 4.99 Å². The molecule has 0 radical (unpaired) electrons. The van der Waals surface area contributed by atoms with Crippen LogP contribution in [0.15, 0.2) is 47.5 Å². The number of hydrogen-bond donors (Lipinski definition) is 3. The minimum atomic E-state index is -0.137. The second-order valence-corrected chi connectivity index (χ2v) is 7.22. The van der Waals surface area contributed by atoms with Gasteiger partial charge in [0.1, 0.15) is 11.6 Å². The maximum atomic E-state index is 11.4. The summed E-state index contributed by atoms with van der Waals surface area (Å²) < 4.78 is 7.55. The predicted octanol–water partition coefficient (Wildman–Crippen LogP) is 3.69. The number of guanidine groups is 1. The summed E-state index contributed by atoms with van der Waals surface area (Å²) >= 11 is 0. The quantitative estimate of drug-likeness (QED) is 0.172. The van der Waals surface area contributed by atoms with Crippen molar-refractivity contribution in [1.29, 1.82) is 0 Å². The van der Waals surface area contributed by atoms with Crippen LogP contribution in [-0.2, 0) is 17.9 Å². The number of halogens is 1. The summed E-state index contributed by atoms with van der Waals surface area (Å²) in [4.78, 5) is 20.3. The molecule has 1 amide bonds. The highest BCUT2D eigenvalue weighted by molar-refractivity contribution is 14.0. The smallest absolute Gasteiger partial charge is 0.221 e. The van der Waals surface area contributed by atoms with E-state index in [1.807, 2.05) is 43.3 Å². The number of ether oxygens (including phenoxy) is 1. The van der Waals surface area contributed by atoms with Crippen LogP contribution in [0, 0.1) is 6.92 Å².